The van der Waals surface area contributed by atoms with E-state index < -0.39 is 10.8 Å². The Morgan fingerprint density at radius 2 is 1.04 bits per heavy atom. The first kappa shape index (κ1) is 28.9. The number of unbranched alkanes of at least 4 members (excludes halogenated alkanes) is 4. The second-order valence-electron chi connectivity index (χ2n) is 6.98. The van der Waals surface area contributed by atoms with Crippen molar-refractivity contribution in [3.8, 4) is 0 Å². The van der Waals surface area contributed by atoms with Gasteiger partial charge in [0, 0.05) is 13.2 Å². The van der Waals surface area contributed by atoms with Crippen LogP contribution in [0.3, 0.4) is 0 Å². The van der Waals surface area contributed by atoms with Gasteiger partial charge in [0.15, 0.2) is 0 Å². The first-order valence-corrected chi connectivity index (χ1v) is 10.5. The fourth-order valence-corrected chi connectivity index (χ4v) is 2.88. The molecule has 0 radical (unpaired) electrons. The molecule has 150 valence electrons. The van der Waals surface area contributed by atoms with Crippen LogP contribution in [0.5, 0.6) is 0 Å². The van der Waals surface area contributed by atoms with Crippen molar-refractivity contribution in [2.75, 3.05) is 25.1 Å². The molecule has 24 heavy (non-hydrogen) atoms. The van der Waals surface area contributed by atoms with Crippen LogP contribution in [0.15, 0.2) is 0 Å². The van der Waals surface area contributed by atoms with Crippen molar-refractivity contribution in [2.45, 2.75) is 93.9 Å². The average Bonchev–Trinajstić information content (AvgIpc) is 2.44. The summed E-state index contributed by atoms with van der Waals surface area (Å²) in [6, 6.07) is 0. The molecule has 0 bridgehead atoms. The normalized spacial score (nSPS) is 11.0. The van der Waals surface area contributed by atoms with E-state index in [0.29, 0.717) is 11.9 Å². The molecular formula is C20H46O3S. The van der Waals surface area contributed by atoms with E-state index in [1.165, 1.54) is 38.5 Å². The lowest BCUT2D eigenvalue weighted by molar-refractivity contribution is 0.157. The molecule has 0 aromatic carbocycles. The van der Waals surface area contributed by atoms with Gasteiger partial charge in [-0.1, -0.05) is 81.1 Å². The van der Waals surface area contributed by atoms with Crippen molar-refractivity contribution in [3.05, 3.63) is 0 Å². The Morgan fingerprint density at radius 3 is 1.38 bits per heavy atom. The highest BCUT2D eigenvalue weighted by Crippen LogP contribution is 2.09. The Hall–Kier alpha value is 0.0700. The van der Waals surface area contributed by atoms with E-state index in [4.69, 9.17) is 9.47 Å². The van der Waals surface area contributed by atoms with Crippen LogP contribution >= 0.6 is 0 Å². The van der Waals surface area contributed by atoms with Crippen LogP contribution < -0.4 is 0 Å². The Balaban J connectivity index is -0.00000220. The minimum absolute atomic E-state index is 0. The molecule has 4 heteroatoms. The molecule has 0 aliphatic heterocycles. The van der Waals surface area contributed by atoms with Gasteiger partial charge in [0.2, 0.25) is 0 Å². The third-order valence-electron chi connectivity index (χ3n) is 3.57. The van der Waals surface area contributed by atoms with Crippen LogP contribution in [-0.4, -0.2) is 29.3 Å². The molecule has 0 spiro atoms. The van der Waals surface area contributed by atoms with E-state index in [2.05, 4.69) is 27.7 Å². The van der Waals surface area contributed by atoms with Gasteiger partial charge >= 0.3 is 0 Å². The highest BCUT2D eigenvalue weighted by atomic mass is 32.2. The summed E-state index contributed by atoms with van der Waals surface area (Å²) < 4.78 is 22.5. The zero-order chi connectivity index (χ0) is 16.6. The summed E-state index contributed by atoms with van der Waals surface area (Å²) in [6.45, 7) is 10.5. The van der Waals surface area contributed by atoms with Crippen LogP contribution in [0.4, 0.5) is 0 Å². The van der Waals surface area contributed by atoms with Crippen LogP contribution in [0.25, 0.3) is 0 Å². The van der Waals surface area contributed by atoms with Gasteiger partial charge in [-0.15, -0.1) is 0 Å². The largest absolute Gasteiger partial charge is 0.368 e. The van der Waals surface area contributed by atoms with Gasteiger partial charge in [0.1, 0.15) is 11.9 Å². The summed E-state index contributed by atoms with van der Waals surface area (Å²) in [5.41, 5.74) is 0. The fourth-order valence-electron chi connectivity index (χ4n) is 2.20. The fraction of sp³-hybridized carbons (Fsp3) is 1.00. The maximum absolute atomic E-state index is 11.7. The number of hydrogen-bond donors (Lipinski definition) is 0. The van der Waals surface area contributed by atoms with E-state index >= 15 is 0 Å². The third-order valence-corrected chi connectivity index (χ3v) is 4.43. The first-order chi connectivity index (χ1) is 10.5. The zero-order valence-corrected chi connectivity index (χ0v) is 16.1. The van der Waals surface area contributed by atoms with Gasteiger partial charge in [-0.25, -0.2) is 0 Å². The summed E-state index contributed by atoms with van der Waals surface area (Å²) >= 11 is 0. The van der Waals surface area contributed by atoms with Gasteiger partial charge in [0.25, 0.3) is 0 Å². The molecule has 0 unspecified atom stereocenters. The lowest BCUT2D eigenvalue weighted by Crippen LogP contribution is -2.10. The van der Waals surface area contributed by atoms with Gasteiger partial charge in [-0.2, -0.15) is 0 Å². The lowest BCUT2D eigenvalue weighted by Gasteiger charge is -2.07. The van der Waals surface area contributed by atoms with E-state index in [-0.39, 0.29) is 14.9 Å². The second kappa shape index (κ2) is 21.1. The van der Waals surface area contributed by atoms with E-state index in [1.807, 2.05) is 0 Å². The van der Waals surface area contributed by atoms with Gasteiger partial charge in [-0.3, -0.25) is 4.21 Å². The Kier molecular flexibility index (Phi) is 25.4. The highest BCUT2D eigenvalue weighted by molar-refractivity contribution is 7.84. The molecule has 3 nitrogen and oxygen atoms in total. The summed E-state index contributed by atoms with van der Waals surface area (Å²) in [5.74, 6) is 2.21. The van der Waals surface area contributed by atoms with Crippen molar-refractivity contribution in [3.63, 3.8) is 0 Å². The molecule has 0 rings (SSSR count). The highest BCUT2D eigenvalue weighted by Gasteiger charge is 2.01. The maximum Gasteiger partial charge on any atom is 0.124 e. The average molecular weight is 367 g/mol. The van der Waals surface area contributed by atoms with Crippen molar-refractivity contribution >= 4 is 10.8 Å². The minimum Gasteiger partial charge on any atom is -0.368 e. The molecule has 0 aromatic rings. The topological polar surface area (TPSA) is 35.5 Å². The van der Waals surface area contributed by atoms with Crippen LogP contribution in [-0.2, 0) is 20.3 Å². The van der Waals surface area contributed by atoms with E-state index in [1.54, 1.807) is 0 Å². The summed E-state index contributed by atoms with van der Waals surface area (Å²) in [4.78, 5) is 0. The molecule has 0 aliphatic carbocycles. The molecule has 0 heterocycles. The number of rotatable bonds is 16. The summed E-state index contributed by atoms with van der Waals surface area (Å²) in [5, 5.41) is 0. The van der Waals surface area contributed by atoms with Crippen molar-refractivity contribution < 1.29 is 13.7 Å². The molecule has 0 aliphatic rings. The maximum atomic E-state index is 11.7. The van der Waals surface area contributed by atoms with Crippen LogP contribution in [0, 0.1) is 11.8 Å². The van der Waals surface area contributed by atoms with E-state index in [0.717, 1.165) is 37.9 Å². The van der Waals surface area contributed by atoms with Crippen molar-refractivity contribution in [1.82, 2.24) is 0 Å². The number of ether oxygens (including phenoxy) is 2. The van der Waals surface area contributed by atoms with Crippen LogP contribution in [0.1, 0.15) is 93.9 Å². The first-order valence-electron chi connectivity index (χ1n) is 9.02. The second-order valence-corrected chi connectivity index (χ2v) is 8.33. The quantitative estimate of drug-likeness (QED) is 0.297. The van der Waals surface area contributed by atoms with Crippen LogP contribution in [0.2, 0.25) is 0 Å². The molecule has 0 atom stereocenters. The molecule has 0 amide bonds. The molecule has 0 saturated carbocycles. The predicted octanol–water partition coefficient (Wildman–Crippen LogP) is 6.39. The van der Waals surface area contributed by atoms with E-state index in [9.17, 15) is 4.21 Å². The Labute approximate surface area is 155 Å². The lowest BCUT2D eigenvalue weighted by atomic mass is 10.1. The SMILES string of the molecule is C.C.CC(C)CCCCCOCS(=O)COCCCCCC(C)C. The molecular weight excluding hydrogens is 320 g/mol. The Bertz CT molecular complexity index is 231. The molecule has 0 saturated heterocycles. The minimum atomic E-state index is -0.994. The van der Waals surface area contributed by atoms with Gasteiger partial charge in [-0.05, 0) is 24.7 Å². The summed E-state index contributed by atoms with van der Waals surface area (Å²) in [7, 11) is -0.994. The van der Waals surface area contributed by atoms with Gasteiger partial charge in [0.05, 0.1) is 10.8 Å². The molecule has 0 fully saturated rings. The van der Waals surface area contributed by atoms with Crippen molar-refractivity contribution in [2.24, 2.45) is 11.8 Å². The Morgan fingerprint density at radius 1 is 0.667 bits per heavy atom. The summed E-state index contributed by atoms with van der Waals surface area (Å²) in [6.07, 6.45) is 9.67. The van der Waals surface area contributed by atoms with Crippen molar-refractivity contribution in [1.29, 1.82) is 0 Å². The third kappa shape index (κ3) is 24.3. The smallest absolute Gasteiger partial charge is 0.124 e. The number of hydrogen-bond acceptors (Lipinski definition) is 3. The molecule has 0 N–H and O–H groups in total. The zero-order valence-electron chi connectivity index (χ0n) is 15.3. The molecule has 0 aromatic heterocycles. The van der Waals surface area contributed by atoms with Gasteiger partial charge < -0.3 is 9.47 Å². The standard InChI is InChI=1S/C18H38O3S.2CH4/c1-17(2)11-7-5-9-13-20-15-22(19)16-21-14-10-6-8-12-18(3)4;;/h17-18H,5-16H2,1-4H3;2*1H4. The monoisotopic (exact) mass is 366 g/mol. The predicted molar refractivity (Wildman–Crippen MR) is 110 cm³/mol.